The molecule has 2 fully saturated rings. The highest BCUT2D eigenvalue weighted by atomic mass is 19.1. The van der Waals surface area contributed by atoms with Gasteiger partial charge >= 0.3 is 6.03 Å². The molecule has 1 aliphatic heterocycles. The molecule has 2 heterocycles. The number of aryl methyl sites for hydroxylation is 1. The van der Waals surface area contributed by atoms with Crippen LogP contribution in [0.4, 0.5) is 15.0 Å². The highest BCUT2D eigenvalue weighted by Gasteiger charge is 2.30. The lowest BCUT2D eigenvalue weighted by Gasteiger charge is -2.39. The first-order valence-electron chi connectivity index (χ1n) is 11.5. The molecule has 0 unspecified atom stereocenters. The van der Waals surface area contributed by atoms with Gasteiger partial charge in [0.05, 0.1) is 0 Å². The number of amides is 2. The van der Waals surface area contributed by atoms with Crippen molar-refractivity contribution >= 4 is 11.8 Å². The van der Waals surface area contributed by atoms with Crippen LogP contribution in [0.5, 0.6) is 0 Å². The van der Waals surface area contributed by atoms with Crippen molar-refractivity contribution in [3.8, 4) is 0 Å². The smallest absolute Gasteiger partial charge is 0.320 e. The summed E-state index contributed by atoms with van der Waals surface area (Å²) in [6.45, 7) is 5.02. The predicted molar refractivity (Wildman–Crippen MR) is 118 cm³/mol. The molecule has 4 rings (SSSR count). The summed E-state index contributed by atoms with van der Waals surface area (Å²) in [4.78, 5) is 15.0. The molecule has 0 spiro atoms. The first-order chi connectivity index (χ1) is 15.0. The molecule has 1 aromatic heterocycles. The molecule has 0 radical (unpaired) electrons. The molecule has 2 amide bonds. The standard InChI is InChI=1S/C24H33FN4O2/c1-17-13-23(28-31-17)27-24(30)26-22-7-3-2-6-20(22)16-29-12-4-5-19(15-29)14-18-8-10-21(25)11-9-18/h8-11,13,19-20,22H,2-7,12,14-16H2,1H3,(H2,26,27,28,30)/t19-,20-,22+/m0/s1. The van der Waals surface area contributed by atoms with Crippen molar-refractivity contribution in [2.24, 2.45) is 11.8 Å². The van der Waals surface area contributed by atoms with Gasteiger partial charge in [0, 0.05) is 25.2 Å². The molecule has 7 heteroatoms. The average molecular weight is 429 g/mol. The number of hydrogen-bond acceptors (Lipinski definition) is 4. The minimum atomic E-state index is -0.210. The summed E-state index contributed by atoms with van der Waals surface area (Å²) in [7, 11) is 0. The van der Waals surface area contributed by atoms with Crippen LogP contribution in [0.1, 0.15) is 49.8 Å². The largest absolute Gasteiger partial charge is 0.360 e. The number of anilines is 1. The third-order valence-electron chi connectivity index (χ3n) is 6.63. The monoisotopic (exact) mass is 428 g/mol. The highest BCUT2D eigenvalue weighted by Crippen LogP contribution is 2.28. The lowest BCUT2D eigenvalue weighted by molar-refractivity contribution is 0.123. The van der Waals surface area contributed by atoms with Crippen LogP contribution in [-0.4, -0.2) is 41.8 Å². The van der Waals surface area contributed by atoms with Gasteiger partial charge in [-0.25, -0.2) is 9.18 Å². The fraction of sp³-hybridized carbons (Fsp3) is 0.583. The van der Waals surface area contributed by atoms with Crippen LogP contribution in [-0.2, 0) is 6.42 Å². The summed E-state index contributed by atoms with van der Waals surface area (Å²) in [5.41, 5.74) is 1.21. The number of halogens is 1. The number of aromatic nitrogens is 1. The number of hydrogen-bond donors (Lipinski definition) is 2. The van der Waals surface area contributed by atoms with Gasteiger partial charge in [0.15, 0.2) is 5.82 Å². The number of carbonyl (C=O) groups is 1. The summed E-state index contributed by atoms with van der Waals surface area (Å²) in [6, 6.07) is 8.61. The van der Waals surface area contributed by atoms with Gasteiger partial charge in [-0.3, -0.25) is 5.32 Å². The van der Waals surface area contributed by atoms with Gasteiger partial charge in [0.25, 0.3) is 0 Å². The van der Waals surface area contributed by atoms with E-state index in [-0.39, 0.29) is 17.9 Å². The Morgan fingerprint density at radius 2 is 2.00 bits per heavy atom. The number of likely N-dealkylation sites (tertiary alicyclic amines) is 1. The molecular weight excluding hydrogens is 395 g/mol. The van der Waals surface area contributed by atoms with Crippen molar-refractivity contribution in [3.63, 3.8) is 0 Å². The normalized spacial score (nSPS) is 24.6. The van der Waals surface area contributed by atoms with Crippen LogP contribution in [0, 0.1) is 24.6 Å². The van der Waals surface area contributed by atoms with Crippen LogP contribution in [0.25, 0.3) is 0 Å². The lowest BCUT2D eigenvalue weighted by atomic mass is 9.83. The SMILES string of the molecule is Cc1cc(NC(=O)N[C@@H]2CCCC[C@H]2CN2CCC[C@@H](Cc3ccc(F)cc3)C2)no1. The Bertz CT molecular complexity index is 854. The first kappa shape index (κ1) is 21.8. The van der Waals surface area contributed by atoms with E-state index in [1.807, 2.05) is 12.1 Å². The maximum Gasteiger partial charge on any atom is 0.320 e. The van der Waals surface area contributed by atoms with Gasteiger partial charge in [-0.1, -0.05) is 30.1 Å². The van der Waals surface area contributed by atoms with E-state index in [1.165, 1.54) is 24.8 Å². The van der Waals surface area contributed by atoms with E-state index < -0.39 is 0 Å². The van der Waals surface area contributed by atoms with Gasteiger partial charge in [-0.2, -0.15) is 0 Å². The minimum absolute atomic E-state index is 0.174. The summed E-state index contributed by atoms with van der Waals surface area (Å²) in [5, 5.41) is 9.79. The lowest BCUT2D eigenvalue weighted by Crippen LogP contribution is -2.49. The van der Waals surface area contributed by atoms with Gasteiger partial charge in [-0.15, -0.1) is 0 Å². The quantitative estimate of drug-likeness (QED) is 0.696. The molecule has 0 bridgehead atoms. The molecule has 2 aliphatic rings. The van der Waals surface area contributed by atoms with Gasteiger partial charge in [0.1, 0.15) is 11.6 Å². The van der Waals surface area contributed by atoms with Crippen LogP contribution in [0.2, 0.25) is 0 Å². The molecular formula is C24H33FN4O2. The molecule has 2 N–H and O–H groups in total. The van der Waals surface area contributed by atoms with E-state index in [2.05, 4.69) is 20.7 Å². The van der Waals surface area contributed by atoms with Crippen molar-refractivity contribution in [1.29, 1.82) is 0 Å². The maximum absolute atomic E-state index is 13.2. The van der Waals surface area contributed by atoms with E-state index in [0.29, 0.717) is 23.4 Å². The molecule has 6 nitrogen and oxygen atoms in total. The number of nitrogens with zero attached hydrogens (tertiary/aromatic N) is 2. The van der Waals surface area contributed by atoms with Crippen LogP contribution in [0.3, 0.4) is 0 Å². The maximum atomic E-state index is 13.2. The van der Waals surface area contributed by atoms with E-state index in [4.69, 9.17) is 4.52 Å². The molecule has 1 saturated carbocycles. The Morgan fingerprint density at radius 3 is 2.77 bits per heavy atom. The molecule has 2 aromatic rings. The first-order valence-corrected chi connectivity index (χ1v) is 11.5. The fourth-order valence-corrected chi connectivity index (χ4v) is 5.13. The number of urea groups is 1. The van der Waals surface area contributed by atoms with E-state index in [9.17, 15) is 9.18 Å². The van der Waals surface area contributed by atoms with Gasteiger partial charge in [0.2, 0.25) is 0 Å². The number of benzene rings is 1. The van der Waals surface area contributed by atoms with Crippen LogP contribution in [0.15, 0.2) is 34.9 Å². The Balaban J connectivity index is 1.29. The zero-order valence-electron chi connectivity index (χ0n) is 18.3. The minimum Gasteiger partial charge on any atom is -0.360 e. The Morgan fingerprint density at radius 1 is 1.19 bits per heavy atom. The third kappa shape index (κ3) is 6.29. The van der Waals surface area contributed by atoms with Crippen molar-refractivity contribution < 1.29 is 13.7 Å². The van der Waals surface area contributed by atoms with E-state index in [0.717, 1.165) is 45.3 Å². The van der Waals surface area contributed by atoms with Crippen molar-refractivity contribution in [2.45, 2.75) is 57.9 Å². The summed E-state index contributed by atoms with van der Waals surface area (Å²) >= 11 is 0. The zero-order valence-corrected chi connectivity index (χ0v) is 18.3. The predicted octanol–water partition coefficient (Wildman–Crippen LogP) is 4.76. The number of rotatable bonds is 6. The topological polar surface area (TPSA) is 70.4 Å². The molecule has 1 saturated heterocycles. The van der Waals surface area contributed by atoms with Gasteiger partial charge < -0.3 is 14.7 Å². The van der Waals surface area contributed by atoms with Crippen molar-refractivity contribution in [1.82, 2.24) is 15.4 Å². The third-order valence-corrected chi connectivity index (χ3v) is 6.63. The molecule has 1 aromatic carbocycles. The number of nitrogens with one attached hydrogen (secondary N) is 2. The average Bonchev–Trinajstić information content (AvgIpc) is 3.16. The van der Waals surface area contributed by atoms with E-state index >= 15 is 0 Å². The summed E-state index contributed by atoms with van der Waals surface area (Å²) in [6.07, 6.45) is 7.96. The van der Waals surface area contributed by atoms with E-state index in [1.54, 1.807) is 25.1 Å². The van der Waals surface area contributed by atoms with Crippen LogP contribution < -0.4 is 10.6 Å². The molecule has 1 aliphatic carbocycles. The number of carbonyl (C=O) groups excluding carboxylic acids is 1. The highest BCUT2D eigenvalue weighted by molar-refractivity contribution is 5.88. The Hall–Kier alpha value is -2.41. The molecule has 31 heavy (non-hydrogen) atoms. The zero-order chi connectivity index (χ0) is 21.6. The second-order valence-electron chi connectivity index (χ2n) is 9.17. The van der Waals surface area contributed by atoms with Gasteiger partial charge in [-0.05, 0) is 75.1 Å². The second kappa shape index (κ2) is 10.3. The van der Waals surface area contributed by atoms with Crippen LogP contribution >= 0.6 is 0 Å². The van der Waals surface area contributed by atoms with Crippen molar-refractivity contribution in [2.75, 3.05) is 25.0 Å². The molecule has 168 valence electrons. The second-order valence-corrected chi connectivity index (χ2v) is 9.17. The summed E-state index contributed by atoms with van der Waals surface area (Å²) < 4.78 is 18.2. The molecule has 3 atom stereocenters. The number of piperidine rings is 1. The van der Waals surface area contributed by atoms with Crippen molar-refractivity contribution in [3.05, 3.63) is 47.5 Å². The Labute approximate surface area is 183 Å². The fourth-order valence-electron chi connectivity index (χ4n) is 5.13. The summed E-state index contributed by atoms with van der Waals surface area (Å²) in [5.74, 6) is 2.01. The Kier molecular flexibility index (Phi) is 7.22.